The second kappa shape index (κ2) is 8.67. The molecule has 0 aliphatic carbocycles. The Morgan fingerprint density at radius 2 is 2.00 bits per heavy atom. The summed E-state index contributed by atoms with van der Waals surface area (Å²) < 4.78 is 5.74. The second-order valence-electron chi connectivity index (χ2n) is 5.33. The molecule has 1 fully saturated rings. The molecule has 2 rings (SSSR count). The lowest BCUT2D eigenvalue weighted by atomic mass is 10.1. The van der Waals surface area contributed by atoms with Crippen LogP contribution in [0.2, 0.25) is 0 Å². The molecule has 0 spiro atoms. The van der Waals surface area contributed by atoms with Crippen molar-refractivity contribution in [1.82, 2.24) is 5.32 Å². The van der Waals surface area contributed by atoms with Gasteiger partial charge in [-0.15, -0.1) is 0 Å². The zero-order chi connectivity index (χ0) is 14.2. The fraction of sp³-hybridized carbons (Fsp3) is 0.625. The first-order chi connectivity index (χ1) is 9.75. The van der Waals surface area contributed by atoms with Crippen molar-refractivity contribution in [2.45, 2.75) is 38.0 Å². The van der Waals surface area contributed by atoms with Crippen molar-refractivity contribution in [2.75, 3.05) is 24.7 Å². The van der Waals surface area contributed by atoms with Gasteiger partial charge in [-0.3, -0.25) is 0 Å². The molecule has 1 aliphatic heterocycles. The summed E-state index contributed by atoms with van der Waals surface area (Å²) in [7, 11) is 0. The molecule has 2 atom stereocenters. The first-order valence-electron chi connectivity index (χ1n) is 7.41. The fourth-order valence-electron chi connectivity index (χ4n) is 2.34. The number of hydrogen-bond acceptors (Lipinski definition) is 4. The van der Waals surface area contributed by atoms with Crippen molar-refractivity contribution in [3.05, 3.63) is 35.9 Å². The van der Waals surface area contributed by atoms with Crippen LogP contribution in [0.25, 0.3) is 0 Å². The van der Waals surface area contributed by atoms with Gasteiger partial charge in [0.1, 0.15) is 0 Å². The van der Waals surface area contributed by atoms with Gasteiger partial charge in [-0.05, 0) is 36.8 Å². The molecule has 1 saturated heterocycles. The van der Waals surface area contributed by atoms with Crippen LogP contribution >= 0.6 is 11.8 Å². The Kier molecular flexibility index (Phi) is 6.87. The van der Waals surface area contributed by atoms with Crippen molar-refractivity contribution in [3.63, 3.8) is 0 Å². The number of thioether (sulfide) groups is 1. The summed E-state index contributed by atoms with van der Waals surface area (Å²) in [5, 5.41) is 13.4. The van der Waals surface area contributed by atoms with Crippen LogP contribution in [0.5, 0.6) is 0 Å². The highest BCUT2D eigenvalue weighted by molar-refractivity contribution is 7.99. The Labute approximate surface area is 126 Å². The minimum absolute atomic E-state index is 0.0249. The highest BCUT2D eigenvalue weighted by Crippen LogP contribution is 2.17. The normalized spacial score (nSPS) is 19.7. The molecule has 4 heteroatoms. The van der Waals surface area contributed by atoms with E-state index in [1.807, 2.05) is 36.9 Å². The Balaban J connectivity index is 1.63. The Morgan fingerprint density at radius 3 is 2.70 bits per heavy atom. The minimum Gasteiger partial charge on any atom is -0.389 e. The van der Waals surface area contributed by atoms with E-state index >= 15 is 0 Å². The first-order valence-corrected chi connectivity index (χ1v) is 8.57. The molecule has 0 aromatic heterocycles. The molecule has 1 aliphatic rings. The van der Waals surface area contributed by atoms with Gasteiger partial charge in [0.15, 0.2) is 0 Å². The number of rotatable bonds is 7. The number of hydrogen-bond donors (Lipinski definition) is 2. The van der Waals surface area contributed by atoms with Crippen LogP contribution in [0.3, 0.4) is 0 Å². The number of ether oxygens (including phenoxy) is 1. The van der Waals surface area contributed by atoms with E-state index < -0.39 is 6.10 Å². The van der Waals surface area contributed by atoms with Gasteiger partial charge in [0, 0.05) is 12.6 Å². The average Bonchev–Trinajstić information content (AvgIpc) is 2.52. The van der Waals surface area contributed by atoms with Crippen molar-refractivity contribution in [1.29, 1.82) is 0 Å². The maximum absolute atomic E-state index is 9.98. The van der Waals surface area contributed by atoms with Crippen LogP contribution in [0.15, 0.2) is 30.3 Å². The molecule has 112 valence electrons. The molecule has 1 aromatic rings. The molecule has 0 bridgehead atoms. The van der Waals surface area contributed by atoms with Gasteiger partial charge in [-0.25, -0.2) is 0 Å². The van der Waals surface area contributed by atoms with E-state index in [-0.39, 0.29) is 6.10 Å². The minimum atomic E-state index is -0.434. The lowest BCUT2D eigenvalue weighted by molar-refractivity contribution is -0.00297. The summed E-state index contributed by atoms with van der Waals surface area (Å²) in [5.41, 5.74) is 1.15. The third kappa shape index (κ3) is 5.44. The fourth-order valence-corrected chi connectivity index (χ4v) is 3.45. The highest BCUT2D eigenvalue weighted by Gasteiger charge is 2.15. The SMILES string of the molecule is CC(OCC(O)CNC1CCSCC1)c1ccccc1. The predicted octanol–water partition coefficient (Wildman–Crippen LogP) is 2.61. The predicted molar refractivity (Wildman–Crippen MR) is 85.2 cm³/mol. The molecule has 2 N–H and O–H groups in total. The zero-order valence-electron chi connectivity index (χ0n) is 12.1. The monoisotopic (exact) mass is 295 g/mol. The summed E-state index contributed by atoms with van der Waals surface area (Å²) in [4.78, 5) is 0. The van der Waals surface area contributed by atoms with Gasteiger partial charge in [0.2, 0.25) is 0 Å². The average molecular weight is 295 g/mol. The van der Waals surface area contributed by atoms with E-state index in [1.165, 1.54) is 24.3 Å². The van der Waals surface area contributed by atoms with Crippen LogP contribution in [0.4, 0.5) is 0 Å². The van der Waals surface area contributed by atoms with Crippen molar-refractivity contribution in [2.24, 2.45) is 0 Å². The van der Waals surface area contributed by atoms with E-state index in [9.17, 15) is 5.11 Å². The highest BCUT2D eigenvalue weighted by atomic mass is 32.2. The quantitative estimate of drug-likeness (QED) is 0.811. The van der Waals surface area contributed by atoms with Gasteiger partial charge >= 0.3 is 0 Å². The number of benzene rings is 1. The van der Waals surface area contributed by atoms with E-state index in [0.29, 0.717) is 19.2 Å². The van der Waals surface area contributed by atoms with Crippen molar-refractivity contribution in [3.8, 4) is 0 Å². The van der Waals surface area contributed by atoms with Gasteiger partial charge in [-0.2, -0.15) is 11.8 Å². The summed E-state index contributed by atoms with van der Waals surface area (Å²) in [6, 6.07) is 10.7. The van der Waals surface area contributed by atoms with Gasteiger partial charge < -0.3 is 15.2 Å². The standard InChI is InChI=1S/C16H25NO2S/c1-13(14-5-3-2-4-6-14)19-12-16(18)11-17-15-7-9-20-10-8-15/h2-6,13,15-18H,7-12H2,1H3. The zero-order valence-corrected chi connectivity index (χ0v) is 12.9. The molecule has 0 saturated carbocycles. The van der Waals surface area contributed by atoms with Crippen LogP contribution in [0.1, 0.15) is 31.4 Å². The molecular formula is C16H25NO2S. The topological polar surface area (TPSA) is 41.5 Å². The molecule has 2 unspecified atom stereocenters. The summed E-state index contributed by atoms with van der Waals surface area (Å²) in [5.74, 6) is 2.46. The molecule has 1 heterocycles. The first kappa shape index (κ1) is 15.8. The largest absolute Gasteiger partial charge is 0.389 e. The van der Waals surface area contributed by atoms with E-state index in [2.05, 4.69) is 17.4 Å². The molecular weight excluding hydrogens is 270 g/mol. The van der Waals surface area contributed by atoms with Crippen LogP contribution in [-0.2, 0) is 4.74 Å². The molecule has 0 radical (unpaired) electrons. The lowest BCUT2D eigenvalue weighted by Gasteiger charge is -2.24. The van der Waals surface area contributed by atoms with Gasteiger partial charge in [0.05, 0.1) is 18.8 Å². The number of nitrogens with one attached hydrogen (secondary N) is 1. The van der Waals surface area contributed by atoms with E-state index in [1.54, 1.807) is 0 Å². The van der Waals surface area contributed by atoms with Crippen LogP contribution in [-0.4, -0.2) is 41.9 Å². The van der Waals surface area contributed by atoms with Crippen LogP contribution in [0, 0.1) is 0 Å². The molecule has 20 heavy (non-hydrogen) atoms. The van der Waals surface area contributed by atoms with Crippen molar-refractivity contribution >= 4 is 11.8 Å². The Morgan fingerprint density at radius 1 is 1.30 bits per heavy atom. The summed E-state index contributed by atoms with van der Waals surface area (Å²) in [6.07, 6.45) is 2.00. The summed E-state index contributed by atoms with van der Waals surface area (Å²) >= 11 is 2.02. The maximum atomic E-state index is 9.98. The second-order valence-corrected chi connectivity index (χ2v) is 6.56. The molecule has 1 aromatic carbocycles. The Hall–Kier alpha value is -0.550. The van der Waals surface area contributed by atoms with Crippen molar-refractivity contribution < 1.29 is 9.84 Å². The van der Waals surface area contributed by atoms with Crippen LogP contribution < -0.4 is 5.32 Å². The smallest absolute Gasteiger partial charge is 0.0898 e. The third-order valence-corrected chi connectivity index (χ3v) is 4.72. The number of aliphatic hydroxyl groups is 1. The van der Waals surface area contributed by atoms with Gasteiger partial charge in [0.25, 0.3) is 0 Å². The van der Waals surface area contributed by atoms with E-state index in [4.69, 9.17) is 4.74 Å². The maximum Gasteiger partial charge on any atom is 0.0898 e. The third-order valence-electron chi connectivity index (χ3n) is 3.67. The molecule has 0 amide bonds. The van der Waals surface area contributed by atoms with E-state index in [0.717, 1.165) is 5.56 Å². The number of aliphatic hydroxyl groups excluding tert-OH is 1. The lowest BCUT2D eigenvalue weighted by Crippen LogP contribution is -2.39. The Bertz CT molecular complexity index is 368. The van der Waals surface area contributed by atoms with Gasteiger partial charge in [-0.1, -0.05) is 30.3 Å². The summed E-state index contributed by atoms with van der Waals surface area (Å²) in [6.45, 7) is 3.02. The molecule has 3 nitrogen and oxygen atoms in total.